The molecular formula is C8H16F3O4P. The molecule has 0 saturated carbocycles. The fourth-order valence-electron chi connectivity index (χ4n) is 1.56. The third-order valence-electron chi connectivity index (χ3n) is 2.30. The van der Waals surface area contributed by atoms with Crippen LogP contribution < -0.4 is 0 Å². The Kier molecular flexibility index (Phi) is 5.96. The SMILES string of the molecule is CCCC(CC)(OP(=O)(O)O)C(F)C(F)F. The smallest absolute Gasteiger partial charge is 0.303 e. The minimum Gasteiger partial charge on any atom is -0.303 e. The van der Waals surface area contributed by atoms with Crippen molar-refractivity contribution < 1.29 is 32.0 Å². The zero-order chi connectivity index (χ0) is 13.0. The molecule has 0 heterocycles. The summed E-state index contributed by atoms with van der Waals surface area (Å²) in [5, 5.41) is 0. The van der Waals surface area contributed by atoms with Gasteiger partial charge >= 0.3 is 7.82 Å². The van der Waals surface area contributed by atoms with Crippen molar-refractivity contribution in [3.8, 4) is 0 Å². The minimum atomic E-state index is -5.00. The summed E-state index contributed by atoms with van der Waals surface area (Å²) in [6.45, 7) is 2.94. The third kappa shape index (κ3) is 4.41. The van der Waals surface area contributed by atoms with Crippen LogP contribution in [-0.2, 0) is 9.09 Å². The van der Waals surface area contributed by atoms with E-state index >= 15 is 0 Å². The van der Waals surface area contributed by atoms with Gasteiger partial charge in [-0.1, -0.05) is 20.3 Å². The van der Waals surface area contributed by atoms with Gasteiger partial charge in [-0.3, -0.25) is 4.52 Å². The lowest BCUT2D eigenvalue weighted by atomic mass is 9.90. The monoisotopic (exact) mass is 264 g/mol. The van der Waals surface area contributed by atoms with Crippen molar-refractivity contribution >= 4 is 7.82 Å². The molecule has 0 aromatic heterocycles. The molecular weight excluding hydrogens is 248 g/mol. The quantitative estimate of drug-likeness (QED) is 0.694. The number of halogens is 3. The number of alkyl halides is 3. The van der Waals surface area contributed by atoms with E-state index in [0.29, 0.717) is 0 Å². The van der Waals surface area contributed by atoms with Crippen molar-refractivity contribution in [3.05, 3.63) is 0 Å². The summed E-state index contributed by atoms with van der Waals surface area (Å²) in [6.07, 6.45) is -6.19. The van der Waals surface area contributed by atoms with E-state index in [2.05, 4.69) is 4.52 Å². The van der Waals surface area contributed by atoms with Gasteiger partial charge in [0.1, 0.15) is 5.60 Å². The molecule has 0 aromatic rings. The van der Waals surface area contributed by atoms with Crippen LogP contribution in [0.15, 0.2) is 0 Å². The molecule has 2 unspecified atom stereocenters. The minimum absolute atomic E-state index is 0.180. The fourth-order valence-corrected chi connectivity index (χ4v) is 2.35. The van der Waals surface area contributed by atoms with Gasteiger partial charge in [0.15, 0.2) is 6.17 Å². The van der Waals surface area contributed by atoms with Gasteiger partial charge in [-0.05, 0) is 12.8 Å². The molecule has 8 heteroatoms. The van der Waals surface area contributed by atoms with Crippen LogP contribution in [0.2, 0.25) is 0 Å². The van der Waals surface area contributed by atoms with Crippen LogP contribution in [0.25, 0.3) is 0 Å². The molecule has 0 spiro atoms. The van der Waals surface area contributed by atoms with Gasteiger partial charge < -0.3 is 9.79 Å². The van der Waals surface area contributed by atoms with E-state index in [1.165, 1.54) is 6.92 Å². The maximum Gasteiger partial charge on any atom is 0.470 e. The lowest BCUT2D eigenvalue weighted by Gasteiger charge is -2.34. The number of rotatable bonds is 7. The first-order valence-electron chi connectivity index (χ1n) is 4.87. The van der Waals surface area contributed by atoms with E-state index in [-0.39, 0.29) is 19.3 Å². The number of phosphoric acid groups is 1. The van der Waals surface area contributed by atoms with E-state index < -0.39 is 26.0 Å². The molecule has 0 bridgehead atoms. The largest absolute Gasteiger partial charge is 0.470 e. The van der Waals surface area contributed by atoms with Crippen LogP contribution in [0.5, 0.6) is 0 Å². The van der Waals surface area contributed by atoms with Gasteiger partial charge in [-0.15, -0.1) is 0 Å². The molecule has 0 aliphatic heterocycles. The normalized spacial score (nSPS) is 18.5. The second-order valence-corrected chi connectivity index (χ2v) is 4.65. The Morgan fingerprint density at radius 2 is 1.81 bits per heavy atom. The van der Waals surface area contributed by atoms with Crippen LogP contribution in [0.4, 0.5) is 13.2 Å². The second kappa shape index (κ2) is 6.00. The highest BCUT2D eigenvalue weighted by Crippen LogP contribution is 2.47. The average molecular weight is 264 g/mol. The van der Waals surface area contributed by atoms with E-state index in [0.717, 1.165) is 0 Å². The molecule has 2 N–H and O–H groups in total. The molecule has 0 radical (unpaired) electrons. The van der Waals surface area contributed by atoms with Crippen molar-refractivity contribution in [2.45, 2.75) is 51.3 Å². The molecule has 0 saturated heterocycles. The van der Waals surface area contributed by atoms with Gasteiger partial charge in [0.25, 0.3) is 6.43 Å². The average Bonchev–Trinajstić information content (AvgIpc) is 2.13. The molecule has 98 valence electrons. The van der Waals surface area contributed by atoms with Gasteiger partial charge in [0.2, 0.25) is 0 Å². The zero-order valence-corrected chi connectivity index (χ0v) is 9.96. The lowest BCUT2D eigenvalue weighted by Crippen LogP contribution is -2.45. The Hall–Kier alpha value is -0.100. The Balaban J connectivity index is 5.06. The maximum absolute atomic E-state index is 13.3. The standard InChI is InChI=1S/C8H16F3O4P/c1-3-5-8(4-2,6(9)7(10)11)15-16(12,13)14/h6-7H,3-5H2,1-2H3,(H2,12,13,14). The summed E-state index contributed by atoms with van der Waals surface area (Å²) in [5.41, 5.74) is -2.12. The van der Waals surface area contributed by atoms with Gasteiger partial charge in [0, 0.05) is 0 Å². The Morgan fingerprint density at radius 3 is 2.06 bits per heavy atom. The summed E-state index contributed by atoms with van der Waals surface area (Å²) in [6, 6.07) is 0. The predicted molar refractivity (Wildman–Crippen MR) is 52.0 cm³/mol. The first kappa shape index (κ1) is 15.9. The van der Waals surface area contributed by atoms with Crippen LogP contribution in [0, 0.1) is 0 Å². The Labute approximate surface area is 92.0 Å². The molecule has 0 fully saturated rings. The predicted octanol–water partition coefficient (Wildman–Crippen LogP) is 2.65. The van der Waals surface area contributed by atoms with Crippen LogP contribution in [0.1, 0.15) is 33.1 Å². The molecule has 16 heavy (non-hydrogen) atoms. The van der Waals surface area contributed by atoms with E-state index in [4.69, 9.17) is 9.79 Å². The number of phosphoric ester groups is 1. The van der Waals surface area contributed by atoms with Crippen LogP contribution >= 0.6 is 7.82 Å². The molecule has 2 atom stereocenters. The molecule has 0 aliphatic rings. The maximum atomic E-state index is 13.3. The van der Waals surface area contributed by atoms with Crippen molar-refractivity contribution in [1.29, 1.82) is 0 Å². The van der Waals surface area contributed by atoms with Crippen LogP contribution in [-0.4, -0.2) is 28.0 Å². The number of hydrogen-bond donors (Lipinski definition) is 2. The Bertz CT molecular complexity index is 258. The lowest BCUT2D eigenvalue weighted by molar-refractivity contribution is -0.0996. The summed E-state index contributed by atoms with van der Waals surface area (Å²) in [7, 11) is -5.00. The first-order chi connectivity index (χ1) is 7.18. The summed E-state index contributed by atoms with van der Waals surface area (Å²) in [4.78, 5) is 17.2. The summed E-state index contributed by atoms with van der Waals surface area (Å²) in [5.74, 6) is 0. The number of hydrogen-bond acceptors (Lipinski definition) is 2. The van der Waals surface area contributed by atoms with Crippen molar-refractivity contribution in [2.24, 2.45) is 0 Å². The van der Waals surface area contributed by atoms with Crippen LogP contribution in [0.3, 0.4) is 0 Å². The van der Waals surface area contributed by atoms with E-state index in [1.54, 1.807) is 6.92 Å². The van der Waals surface area contributed by atoms with E-state index in [1.807, 2.05) is 0 Å². The summed E-state index contributed by atoms with van der Waals surface area (Å²) < 4.78 is 52.9. The Morgan fingerprint density at radius 1 is 1.31 bits per heavy atom. The topological polar surface area (TPSA) is 66.8 Å². The molecule has 0 aromatic carbocycles. The van der Waals surface area contributed by atoms with E-state index in [9.17, 15) is 17.7 Å². The van der Waals surface area contributed by atoms with Crippen molar-refractivity contribution in [2.75, 3.05) is 0 Å². The molecule has 4 nitrogen and oxygen atoms in total. The summed E-state index contributed by atoms with van der Waals surface area (Å²) >= 11 is 0. The molecule has 0 rings (SSSR count). The van der Waals surface area contributed by atoms with Crippen molar-refractivity contribution in [1.82, 2.24) is 0 Å². The van der Waals surface area contributed by atoms with Gasteiger partial charge in [-0.25, -0.2) is 17.7 Å². The second-order valence-electron chi connectivity index (χ2n) is 3.49. The highest BCUT2D eigenvalue weighted by Gasteiger charge is 2.47. The first-order valence-corrected chi connectivity index (χ1v) is 6.40. The molecule has 0 aliphatic carbocycles. The third-order valence-corrected chi connectivity index (χ3v) is 2.90. The van der Waals surface area contributed by atoms with Crippen molar-refractivity contribution in [3.63, 3.8) is 0 Å². The zero-order valence-electron chi connectivity index (χ0n) is 9.07. The van der Waals surface area contributed by atoms with Gasteiger partial charge in [0.05, 0.1) is 0 Å². The fraction of sp³-hybridized carbons (Fsp3) is 1.00. The van der Waals surface area contributed by atoms with Gasteiger partial charge in [-0.2, -0.15) is 0 Å². The molecule has 0 amide bonds. The highest BCUT2D eigenvalue weighted by molar-refractivity contribution is 7.46. The highest BCUT2D eigenvalue weighted by atomic mass is 31.2.